The number of aliphatic hydroxyl groups is 1. The van der Waals surface area contributed by atoms with Crippen molar-refractivity contribution in [2.45, 2.75) is 13.8 Å². The lowest BCUT2D eigenvalue weighted by Crippen LogP contribution is -2.39. The van der Waals surface area contributed by atoms with E-state index in [-0.39, 0.29) is 36.5 Å². The summed E-state index contributed by atoms with van der Waals surface area (Å²) in [5, 5.41) is 15.4. The van der Waals surface area contributed by atoms with Crippen molar-refractivity contribution in [3.05, 3.63) is 24.3 Å². The first-order valence-corrected chi connectivity index (χ1v) is 7.59. The van der Waals surface area contributed by atoms with Gasteiger partial charge in [-0.25, -0.2) is 0 Å². The van der Waals surface area contributed by atoms with Crippen LogP contribution in [0.3, 0.4) is 0 Å². The maximum Gasteiger partial charge on any atom is 0.191 e. The second-order valence-electron chi connectivity index (χ2n) is 4.96. The number of hydrogen-bond acceptors (Lipinski definition) is 4. The van der Waals surface area contributed by atoms with Crippen molar-refractivity contribution in [2.24, 2.45) is 10.9 Å². The molecule has 0 bridgehead atoms. The summed E-state index contributed by atoms with van der Waals surface area (Å²) in [4.78, 5) is 4.41. The van der Waals surface area contributed by atoms with Crippen LogP contribution in [-0.2, 0) is 0 Å². The van der Waals surface area contributed by atoms with Crippen LogP contribution in [0.4, 0.5) is 0 Å². The smallest absolute Gasteiger partial charge is 0.191 e. The van der Waals surface area contributed by atoms with Gasteiger partial charge in [-0.2, -0.15) is 0 Å². The third-order valence-corrected chi connectivity index (χ3v) is 2.94. The van der Waals surface area contributed by atoms with Gasteiger partial charge in [-0.3, -0.25) is 4.99 Å². The molecular weight excluding hydrogens is 409 g/mol. The third-order valence-electron chi connectivity index (χ3n) is 2.94. The third kappa shape index (κ3) is 9.50. The quantitative estimate of drug-likeness (QED) is 0.238. The van der Waals surface area contributed by atoms with E-state index in [0.29, 0.717) is 19.7 Å². The molecule has 0 aliphatic carbocycles. The van der Waals surface area contributed by atoms with Gasteiger partial charge in [0.1, 0.15) is 18.1 Å². The van der Waals surface area contributed by atoms with Crippen LogP contribution in [0.15, 0.2) is 29.3 Å². The molecule has 1 aromatic carbocycles. The molecule has 0 heterocycles. The van der Waals surface area contributed by atoms with Crippen LogP contribution >= 0.6 is 24.0 Å². The molecule has 7 heteroatoms. The van der Waals surface area contributed by atoms with Gasteiger partial charge in [-0.1, -0.05) is 6.92 Å². The summed E-state index contributed by atoms with van der Waals surface area (Å²) in [5.74, 6) is 2.51. The number of aliphatic hydroxyl groups excluding tert-OH is 1. The van der Waals surface area contributed by atoms with Gasteiger partial charge in [0.15, 0.2) is 5.96 Å². The lowest BCUT2D eigenvalue weighted by atomic mass is 10.2. The predicted molar refractivity (Wildman–Crippen MR) is 104 cm³/mol. The molecule has 0 saturated carbocycles. The predicted octanol–water partition coefficient (Wildman–Crippen LogP) is 1.88. The van der Waals surface area contributed by atoms with Gasteiger partial charge < -0.3 is 25.2 Å². The van der Waals surface area contributed by atoms with Gasteiger partial charge in [0, 0.05) is 19.7 Å². The minimum absolute atomic E-state index is 0. The van der Waals surface area contributed by atoms with Crippen molar-refractivity contribution < 1.29 is 14.6 Å². The Kier molecular flexibility index (Phi) is 12.5. The maximum atomic E-state index is 9.02. The first kappa shape index (κ1) is 21.8. The van der Waals surface area contributed by atoms with Crippen molar-refractivity contribution >= 4 is 29.9 Å². The summed E-state index contributed by atoms with van der Waals surface area (Å²) < 4.78 is 10.7. The highest BCUT2D eigenvalue weighted by Gasteiger charge is 2.01. The molecule has 0 aromatic heterocycles. The summed E-state index contributed by atoms with van der Waals surface area (Å²) in [5.41, 5.74) is 0. The maximum absolute atomic E-state index is 9.02. The second-order valence-corrected chi connectivity index (χ2v) is 4.96. The molecule has 0 fully saturated rings. The van der Waals surface area contributed by atoms with Crippen LogP contribution in [-0.4, -0.2) is 51.0 Å². The Hall–Kier alpha value is -1.22. The Labute approximate surface area is 155 Å². The molecular formula is C16H28IN3O3. The number of nitrogens with one attached hydrogen (secondary N) is 2. The standard InChI is InChI=1S/C16H27N3O3.HI/c1-4-17-16(19-11-13(2)12-20)18-9-10-22-15-7-5-14(21-3)6-8-15;/h5-8,13,20H,4,9-12H2,1-3H3,(H2,17,18,19);1H. The number of halogens is 1. The zero-order valence-electron chi connectivity index (χ0n) is 14.0. The van der Waals surface area contributed by atoms with Crippen LogP contribution in [0.1, 0.15) is 13.8 Å². The molecule has 6 nitrogen and oxygen atoms in total. The monoisotopic (exact) mass is 437 g/mol. The first-order chi connectivity index (χ1) is 10.7. The summed E-state index contributed by atoms with van der Waals surface area (Å²) in [6, 6.07) is 7.48. The topological polar surface area (TPSA) is 75.1 Å². The van der Waals surface area contributed by atoms with E-state index in [9.17, 15) is 0 Å². The molecule has 3 N–H and O–H groups in total. The zero-order chi connectivity index (χ0) is 16.2. The van der Waals surface area contributed by atoms with Gasteiger partial charge in [-0.05, 0) is 37.1 Å². The van der Waals surface area contributed by atoms with Gasteiger partial charge in [0.25, 0.3) is 0 Å². The molecule has 1 rings (SSSR count). The molecule has 0 radical (unpaired) electrons. The number of rotatable bonds is 9. The van der Waals surface area contributed by atoms with Crippen molar-refractivity contribution in [3.63, 3.8) is 0 Å². The lowest BCUT2D eigenvalue weighted by Gasteiger charge is -2.13. The fourth-order valence-corrected chi connectivity index (χ4v) is 1.66. The van der Waals surface area contributed by atoms with Crippen molar-refractivity contribution in [2.75, 3.05) is 40.0 Å². The Balaban J connectivity index is 0.00000484. The van der Waals surface area contributed by atoms with Gasteiger partial charge >= 0.3 is 0 Å². The van der Waals surface area contributed by atoms with E-state index in [1.165, 1.54) is 0 Å². The normalized spacial score (nSPS) is 12.1. The number of nitrogens with zero attached hydrogens (tertiary/aromatic N) is 1. The number of ether oxygens (including phenoxy) is 2. The minimum Gasteiger partial charge on any atom is -0.497 e. The van der Waals surface area contributed by atoms with E-state index in [1.54, 1.807) is 7.11 Å². The molecule has 0 aliphatic heterocycles. The Morgan fingerprint density at radius 1 is 1.22 bits per heavy atom. The first-order valence-electron chi connectivity index (χ1n) is 7.59. The van der Waals surface area contributed by atoms with Crippen molar-refractivity contribution in [3.8, 4) is 11.5 Å². The van der Waals surface area contributed by atoms with E-state index in [4.69, 9.17) is 14.6 Å². The molecule has 1 atom stereocenters. The summed E-state index contributed by atoms with van der Waals surface area (Å²) in [6.07, 6.45) is 0. The van der Waals surface area contributed by atoms with Crippen LogP contribution < -0.4 is 20.1 Å². The van der Waals surface area contributed by atoms with Crippen molar-refractivity contribution in [1.29, 1.82) is 0 Å². The van der Waals surface area contributed by atoms with E-state index < -0.39 is 0 Å². The van der Waals surface area contributed by atoms with E-state index in [1.807, 2.05) is 38.1 Å². The van der Waals surface area contributed by atoms with E-state index in [2.05, 4.69) is 15.6 Å². The van der Waals surface area contributed by atoms with Crippen LogP contribution in [0.25, 0.3) is 0 Å². The SMILES string of the molecule is CCNC(=NCC(C)CO)NCCOc1ccc(OC)cc1.I. The van der Waals surface area contributed by atoms with E-state index >= 15 is 0 Å². The summed E-state index contributed by atoms with van der Waals surface area (Å²) in [7, 11) is 1.64. The number of aliphatic imine (C=N–C) groups is 1. The van der Waals surface area contributed by atoms with Crippen LogP contribution in [0, 0.1) is 5.92 Å². The average Bonchev–Trinajstić information content (AvgIpc) is 2.56. The summed E-state index contributed by atoms with van der Waals surface area (Å²) >= 11 is 0. The highest BCUT2D eigenvalue weighted by Crippen LogP contribution is 2.16. The Morgan fingerprint density at radius 2 is 1.87 bits per heavy atom. The summed E-state index contributed by atoms with van der Waals surface area (Å²) in [6.45, 7) is 6.67. The average molecular weight is 437 g/mol. The molecule has 23 heavy (non-hydrogen) atoms. The van der Waals surface area contributed by atoms with Gasteiger partial charge in [0.05, 0.1) is 13.7 Å². The Bertz CT molecular complexity index is 441. The molecule has 0 aliphatic rings. The minimum atomic E-state index is 0. The molecule has 0 amide bonds. The lowest BCUT2D eigenvalue weighted by molar-refractivity contribution is 0.241. The highest BCUT2D eigenvalue weighted by molar-refractivity contribution is 14.0. The van der Waals surface area contributed by atoms with E-state index in [0.717, 1.165) is 24.0 Å². The fraction of sp³-hybridized carbons (Fsp3) is 0.562. The fourth-order valence-electron chi connectivity index (χ4n) is 1.66. The number of benzene rings is 1. The number of methoxy groups -OCH3 is 1. The number of guanidine groups is 1. The Morgan fingerprint density at radius 3 is 2.43 bits per heavy atom. The van der Waals surface area contributed by atoms with Crippen LogP contribution in [0.2, 0.25) is 0 Å². The van der Waals surface area contributed by atoms with Gasteiger partial charge in [0.2, 0.25) is 0 Å². The second kappa shape index (κ2) is 13.2. The molecule has 1 aromatic rings. The largest absolute Gasteiger partial charge is 0.497 e. The van der Waals surface area contributed by atoms with Crippen LogP contribution in [0.5, 0.6) is 11.5 Å². The van der Waals surface area contributed by atoms with Crippen molar-refractivity contribution in [1.82, 2.24) is 10.6 Å². The molecule has 1 unspecified atom stereocenters. The zero-order valence-corrected chi connectivity index (χ0v) is 16.4. The molecule has 0 saturated heterocycles. The molecule has 0 spiro atoms. The number of hydrogen-bond donors (Lipinski definition) is 3. The highest BCUT2D eigenvalue weighted by atomic mass is 127. The molecule has 132 valence electrons. The van der Waals surface area contributed by atoms with Gasteiger partial charge in [-0.15, -0.1) is 24.0 Å².